The topological polar surface area (TPSA) is 46.4 Å². The van der Waals surface area contributed by atoms with Gasteiger partial charge in [-0.3, -0.25) is 4.79 Å². The average molecular weight is 300 g/mol. The Morgan fingerprint density at radius 3 is 2.71 bits per heavy atom. The maximum Gasteiger partial charge on any atom is 0.273 e. The van der Waals surface area contributed by atoms with Gasteiger partial charge in [-0.15, -0.1) is 0 Å². The van der Waals surface area contributed by atoms with Crippen LogP contribution in [0.1, 0.15) is 21.6 Å². The van der Waals surface area contributed by atoms with Gasteiger partial charge >= 0.3 is 0 Å². The van der Waals surface area contributed by atoms with Gasteiger partial charge in [0.15, 0.2) is 5.69 Å². The number of aromatic nitrogens is 2. The van der Waals surface area contributed by atoms with Crippen LogP contribution in [0.4, 0.5) is 0 Å². The van der Waals surface area contributed by atoms with E-state index in [1.165, 1.54) is 5.56 Å². The summed E-state index contributed by atoms with van der Waals surface area (Å²) in [7, 11) is 0. The number of aryl methyl sites for hydroxylation is 1. The highest BCUT2D eigenvalue weighted by molar-refractivity contribution is 6.36. The van der Waals surface area contributed by atoms with Gasteiger partial charge in [-0.05, 0) is 24.6 Å². The van der Waals surface area contributed by atoms with Crippen molar-refractivity contribution in [2.45, 2.75) is 13.5 Å². The molecule has 0 fully saturated rings. The van der Waals surface area contributed by atoms with E-state index in [1.54, 1.807) is 10.7 Å². The van der Waals surface area contributed by atoms with Gasteiger partial charge in [0.1, 0.15) is 0 Å². The summed E-state index contributed by atoms with van der Waals surface area (Å²) in [6, 6.07) is 13.5. The molecule has 0 saturated heterocycles. The Morgan fingerprint density at radius 1 is 1.24 bits per heavy atom. The van der Waals surface area contributed by atoms with Crippen molar-refractivity contribution >= 4 is 23.0 Å². The molecule has 0 aliphatic rings. The fraction of sp³-hybridized carbons (Fsp3) is 0.125. The van der Waals surface area contributed by atoms with Gasteiger partial charge in [0.05, 0.1) is 10.5 Å². The zero-order valence-corrected chi connectivity index (χ0v) is 12.3. The number of benzene rings is 1. The van der Waals surface area contributed by atoms with Crippen LogP contribution in [0.5, 0.6) is 0 Å². The van der Waals surface area contributed by atoms with Gasteiger partial charge < -0.3 is 5.32 Å². The molecule has 0 aliphatic heterocycles. The van der Waals surface area contributed by atoms with Crippen LogP contribution in [0.15, 0.2) is 48.7 Å². The van der Waals surface area contributed by atoms with Gasteiger partial charge in [0.2, 0.25) is 0 Å². The first kappa shape index (κ1) is 13.6. The molecule has 5 heteroatoms. The monoisotopic (exact) mass is 299 g/mol. The van der Waals surface area contributed by atoms with Crippen LogP contribution in [0.25, 0.3) is 5.52 Å². The Hall–Kier alpha value is -2.33. The molecule has 0 radical (unpaired) electrons. The van der Waals surface area contributed by atoms with Crippen molar-refractivity contribution in [3.63, 3.8) is 0 Å². The lowest BCUT2D eigenvalue weighted by Gasteiger charge is -2.04. The summed E-state index contributed by atoms with van der Waals surface area (Å²) in [5.74, 6) is -0.274. The normalized spacial score (nSPS) is 10.8. The number of rotatable bonds is 3. The molecule has 0 saturated carbocycles. The molecule has 2 heterocycles. The highest BCUT2D eigenvalue weighted by Crippen LogP contribution is 2.21. The highest BCUT2D eigenvalue weighted by Gasteiger charge is 2.17. The predicted octanol–water partition coefficient (Wildman–Crippen LogP) is 3.23. The number of nitrogens with zero attached hydrogens (tertiary/aromatic N) is 2. The Morgan fingerprint density at radius 2 is 2.00 bits per heavy atom. The molecule has 1 amide bonds. The number of hydrogen-bond donors (Lipinski definition) is 1. The third-order valence-electron chi connectivity index (χ3n) is 3.27. The molecule has 3 aromatic rings. The van der Waals surface area contributed by atoms with Crippen LogP contribution < -0.4 is 5.32 Å². The van der Waals surface area contributed by atoms with Crippen molar-refractivity contribution in [1.82, 2.24) is 14.9 Å². The quantitative estimate of drug-likeness (QED) is 0.807. The molecule has 106 valence electrons. The van der Waals surface area contributed by atoms with Crippen LogP contribution in [0, 0.1) is 6.92 Å². The maximum absolute atomic E-state index is 12.2. The molecule has 0 atom stereocenters. The van der Waals surface area contributed by atoms with E-state index in [9.17, 15) is 4.79 Å². The molecule has 2 aromatic heterocycles. The Bertz CT molecular complexity index is 793. The largest absolute Gasteiger partial charge is 0.347 e. The van der Waals surface area contributed by atoms with E-state index in [0.717, 1.165) is 11.1 Å². The lowest BCUT2D eigenvalue weighted by molar-refractivity contribution is 0.0945. The summed E-state index contributed by atoms with van der Waals surface area (Å²) in [6.07, 6.45) is 1.76. The molecule has 0 unspecified atom stereocenters. The second-order valence-corrected chi connectivity index (χ2v) is 5.24. The van der Waals surface area contributed by atoms with Gasteiger partial charge in [0.25, 0.3) is 5.91 Å². The smallest absolute Gasteiger partial charge is 0.273 e. The summed E-state index contributed by atoms with van der Waals surface area (Å²) < 4.78 is 1.60. The highest BCUT2D eigenvalue weighted by atomic mass is 35.5. The Balaban J connectivity index is 1.78. The van der Waals surface area contributed by atoms with E-state index < -0.39 is 0 Å². The fourth-order valence-electron chi connectivity index (χ4n) is 2.09. The van der Waals surface area contributed by atoms with Crippen LogP contribution in [0.2, 0.25) is 5.02 Å². The average Bonchev–Trinajstić information content (AvgIpc) is 2.84. The summed E-state index contributed by atoms with van der Waals surface area (Å²) in [5.41, 5.74) is 3.19. The Kier molecular flexibility index (Phi) is 3.62. The fourth-order valence-corrected chi connectivity index (χ4v) is 2.36. The molecular weight excluding hydrogens is 286 g/mol. The van der Waals surface area contributed by atoms with E-state index >= 15 is 0 Å². The molecule has 4 nitrogen and oxygen atoms in total. The van der Waals surface area contributed by atoms with Gasteiger partial charge in [-0.2, -0.15) is 5.10 Å². The number of carbonyl (C=O) groups excluding carboxylic acids is 1. The van der Waals surface area contributed by atoms with E-state index in [4.69, 9.17) is 11.6 Å². The molecule has 0 spiro atoms. The van der Waals surface area contributed by atoms with E-state index in [-0.39, 0.29) is 11.6 Å². The molecule has 3 rings (SSSR count). The van der Waals surface area contributed by atoms with Crippen molar-refractivity contribution in [3.05, 3.63) is 70.5 Å². The summed E-state index contributed by atoms with van der Waals surface area (Å²) >= 11 is 6.21. The number of amides is 1. The van der Waals surface area contributed by atoms with Gasteiger partial charge in [0, 0.05) is 12.7 Å². The SMILES string of the molecule is Cc1ccc(CNC(=O)c2nn3ccccc3c2Cl)cc1. The molecule has 1 N–H and O–H groups in total. The first-order valence-corrected chi connectivity index (χ1v) is 6.99. The minimum atomic E-state index is -0.274. The second kappa shape index (κ2) is 5.58. The van der Waals surface area contributed by atoms with Crippen LogP contribution >= 0.6 is 11.6 Å². The molecule has 21 heavy (non-hydrogen) atoms. The van der Waals surface area contributed by atoms with Crippen molar-refractivity contribution in [2.24, 2.45) is 0 Å². The first-order valence-electron chi connectivity index (χ1n) is 6.62. The van der Waals surface area contributed by atoms with Crippen molar-refractivity contribution < 1.29 is 4.79 Å². The van der Waals surface area contributed by atoms with Gasteiger partial charge in [-0.1, -0.05) is 47.5 Å². The van der Waals surface area contributed by atoms with Crippen LogP contribution in [-0.4, -0.2) is 15.5 Å². The minimum Gasteiger partial charge on any atom is -0.347 e. The number of halogens is 1. The predicted molar refractivity (Wildman–Crippen MR) is 82.6 cm³/mol. The number of nitrogens with one attached hydrogen (secondary N) is 1. The number of carbonyl (C=O) groups is 1. The zero-order valence-electron chi connectivity index (χ0n) is 11.5. The van der Waals surface area contributed by atoms with Gasteiger partial charge in [-0.25, -0.2) is 4.52 Å². The number of hydrogen-bond acceptors (Lipinski definition) is 2. The second-order valence-electron chi connectivity index (χ2n) is 4.86. The molecule has 1 aromatic carbocycles. The van der Waals surface area contributed by atoms with E-state index in [2.05, 4.69) is 10.4 Å². The summed E-state index contributed by atoms with van der Waals surface area (Å²) in [5, 5.41) is 7.42. The van der Waals surface area contributed by atoms with Crippen molar-refractivity contribution in [3.8, 4) is 0 Å². The van der Waals surface area contributed by atoms with Crippen molar-refractivity contribution in [2.75, 3.05) is 0 Å². The Labute approximate surface area is 127 Å². The van der Waals surface area contributed by atoms with Crippen LogP contribution in [0.3, 0.4) is 0 Å². The molecular formula is C16H14ClN3O. The zero-order chi connectivity index (χ0) is 14.8. The van der Waals surface area contributed by atoms with E-state index in [0.29, 0.717) is 11.6 Å². The molecule has 0 bridgehead atoms. The third kappa shape index (κ3) is 2.76. The standard InChI is InChI=1S/C16H14ClN3O/c1-11-5-7-12(8-6-11)10-18-16(21)15-14(17)13-4-2-3-9-20(13)19-15/h2-9H,10H2,1H3,(H,18,21). The lowest BCUT2D eigenvalue weighted by Crippen LogP contribution is -2.23. The molecule has 0 aliphatic carbocycles. The number of pyridine rings is 1. The minimum absolute atomic E-state index is 0.245. The summed E-state index contributed by atoms with van der Waals surface area (Å²) in [6.45, 7) is 2.47. The first-order chi connectivity index (χ1) is 10.1. The maximum atomic E-state index is 12.2. The van der Waals surface area contributed by atoms with Crippen molar-refractivity contribution in [1.29, 1.82) is 0 Å². The summed E-state index contributed by atoms with van der Waals surface area (Å²) in [4.78, 5) is 12.2. The lowest BCUT2D eigenvalue weighted by atomic mass is 10.1. The van der Waals surface area contributed by atoms with E-state index in [1.807, 2.05) is 49.4 Å². The number of fused-ring (bicyclic) bond motifs is 1. The third-order valence-corrected chi connectivity index (χ3v) is 3.64. The van der Waals surface area contributed by atoms with Crippen LogP contribution in [-0.2, 0) is 6.54 Å².